The number of hydrogen-bond acceptors (Lipinski definition) is 4. The van der Waals surface area contributed by atoms with Crippen molar-refractivity contribution in [2.45, 2.75) is 18.5 Å². The Morgan fingerprint density at radius 3 is 2.20 bits per heavy atom. The van der Waals surface area contributed by atoms with Crippen molar-refractivity contribution in [2.75, 3.05) is 0 Å². The monoisotopic (exact) mass is 465 g/mol. The van der Waals surface area contributed by atoms with E-state index in [1.807, 2.05) is 72.8 Å². The topological polar surface area (TPSA) is 98.7 Å². The smallest absolute Gasteiger partial charge is 0.319 e. The van der Waals surface area contributed by atoms with Crippen molar-refractivity contribution >= 4 is 28.6 Å². The van der Waals surface area contributed by atoms with Gasteiger partial charge in [0.1, 0.15) is 0 Å². The van der Waals surface area contributed by atoms with Gasteiger partial charge in [-0.15, -0.1) is 0 Å². The van der Waals surface area contributed by atoms with Crippen molar-refractivity contribution in [2.24, 2.45) is 0 Å². The second-order valence-corrected chi connectivity index (χ2v) is 8.59. The summed E-state index contributed by atoms with van der Waals surface area (Å²) in [5.74, 6) is -0.968. The van der Waals surface area contributed by atoms with E-state index in [0.29, 0.717) is 17.5 Å². The van der Waals surface area contributed by atoms with E-state index in [9.17, 15) is 14.4 Å². The molecule has 0 spiro atoms. The molecule has 0 radical (unpaired) electrons. The summed E-state index contributed by atoms with van der Waals surface area (Å²) < 4.78 is 0. The zero-order valence-electron chi connectivity index (χ0n) is 18.8. The van der Waals surface area contributed by atoms with E-state index in [1.54, 1.807) is 17.6 Å². The predicted molar refractivity (Wildman–Crippen MR) is 131 cm³/mol. The summed E-state index contributed by atoms with van der Waals surface area (Å²) in [6.45, 7) is 0.0536. The second kappa shape index (κ2) is 9.04. The van der Waals surface area contributed by atoms with Gasteiger partial charge in [0.15, 0.2) is 5.54 Å². The molecule has 3 N–H and O–H groups in total. The first-order chi connectivity index (χ1) is 17.0. The summed E-state index contributed by atoms with van der Waals surface area (Å²) in [5, 5.41) is 13.9. The van der Waals surface area contributed by atoms with Crippen molar-refractivity contribution in [1.29, 1.82) is 0 Å². The lowest BCUT2D eigenvalue weighted by molar-refractivity contribution is -0.132. The van der Waals surface area contributed by atoms with Crippen LogP contribution in [-0.4, -0.2) is 28.0 Å². The fourth-order valence-electron chi connectivity index (χ4n) is 4.57. The molecule has 4 amide bonds. The number of nitrogens with one attached hydrogen (secondary N) is 2. The number of hydroxylamine groups is 1. The highest BCUT2D eigenvalue weighted by molar-refractivity contribution is 6.07. The minimum Gasteiger partial charge on any atom is -0.319 e. The van der Waals surface area contributed by atoms with Crippen LogP contribution in [0.25, 0.3) is 10.8 Å². The zero-order chi connectivity index (χ0) is 24.4. The van der Waals surface area contributed by atoms with Crippen LogP contribution in [0.2, 0.25) is 0 Å². The normalized spacial score (nSPS) is 17.5. The highest BCUT2D eigenvalue weighted by atomic mass is 16.5. The molecule has 0 saturated carbocycles. The third-order valence-corrected chi connectivity index (χ3v) is 6.38. The maximum Gasteiger partial charge on any atom is 0.325 e. The number of imide groups is 1. The number of rotatable bonds is 6. The lowest BCUT2D eigenvalue weighted by atomic mass is 9.83. The summed E-state index contributed by atoms with van der Waals surface area (Å²) in [7, 11) is 0. The van der Waals surface area contributed by atoms with E-state index in [2.05, 4.69) is 5.32 Å². The lowest BCUT2D eigenvalue weighted by Crippen LogP contribution is -2.46. The first-order valence-electron chi connectivity index (χ1n) is 11.2. The summed E-state index contributed by atoms with van der Waals surface area (Å²) in [6, 6.07) is 29.2. The maximum absolute atomic E-state index is 13.9. The third kappa shape index (κ3) is 4.13. The summed E-state index contributed by atoms with van der Waals surface area (Å²) in [4.78, 5) is 39.8. The highest BCUT2D eigenvalue weighted by Gasteiger charge is 2.52. The second-order valence-electron chi connectivity index (χ2n) is 8.59. The largest absolute Gasteiger partial charge is 0.325 e. The van der Waals surface area contributed by atoms with E-state index in [-0.39, 0.29) is 18.0 Å². The van der Waals surface area contributed by atoms with Gasteiger partial charge in [-0.3, -0.25) is 19.7 Å². The maximum atomic E-state index is 13.9. The quantitative estimate of drug-likeness (QED) is 0.226. The fourth-order valence-corrected chi connectivity index (χ4v) is 4.57. The van der Waals surface area contributed by atoms with Crippen LogP contribution in [0.5, 0.6) is 0 Å². The van der Waals surface area contributed by atoms with Crippen LogP contribution < -0.4 is 10.8 Å². The Morgan fingerprint density at radius 1 is 0.829 bits per heavy atom. The molecule has 7 nitrogen and oxygen atoms in total. The number of hydrogen-bond donors (Lipinski definition) is 3. The number of amides is 4. The SMILES string of the molecule is O=C(NO)c1ccc(CN2C(=O)NC(Cc3ccc4ccccc4c3)(c3ccccc3)C2=O)cc1. The molecule has 1 aliphatic rings. The molecule has 5 rings (SSSR count). The molecule has 174 valence electrons. The van der Waals surface area contributed by atoms with Gasteiger partial charge in [-0.2, -0.15) is 0 Å². The molecule has 0 aliphatic carbocycles. The standard InChI is InChI=1S/C28H23N3O4/c32-25(30-35)22-14-10-19(11-15-22)18-31-26(33)28(29-27(31)34,24-8-2-1-3-9-24)17-20-12-13-21-6-4-5-7-23(21)16-20/h1-16,35H,17-18H2,(H,29,34)(H,30,32). The molecule has 1 atom stereocenters. The molecule has 7 heteroatoms. The number of nitrogens with zero attached hydrogens (tertiary/aromatic N) is 1. The lowest BCUT2D eigenvalue weighted by Gasteiger charge is -2.28. The zero-order valence-corrected chi connectivity index (χ0v) is 18.8. The molecule has 1 aliphatic heterocycles. The minimum atomic E-state index is -1.24. The van der Waals surface area contributed by atoms with Crippen molar-refractivity contribution in [3.63, 3.8) is 0 Å². The van der Waals surface area contributed by atoms with Gasteiger partial charge < -0.3 is 5.32 Å². The molecule has 0 aromatic heterocycles. The van der Waals surface area contributed by atoms with E-state index < -0.39 is 17.5 Å². The van der Waals surface area contributed by atoms with Crippen LogP contribution in [0.3, 0.4) is 0 Å². The number of urea groups is 1. The van der Waals surface area contributed by atoms with E-state index in [0.717, 1.165) is 16.3 Å². The van der Waals surface area contributed by atoms with Gasteiger partial charge in [-0.05, 0) is 39.6 Å². The highest BCUT2D eigenvalue weighted by Crippen LogP contribution is 2.34. The first-order valence-corrected chi connectivity index (χ1v) is 11.2. The van der Waals surface area contributed by atoms with Crippen LogP contribution in [0.15, 0.2) is 97.1 Å². The van der Waals surface area contributed by atoms with Gasteiger partial charge in [0.05, 0.1) is 6.54 Å². The number of benzene rings is 4. The van der Waals surface area contributed by atoms with Gasteiger partial charge in [-0.25, -0.2) is 10.3 Å². The molecular formula is C28H23N3O4. The molecule has 1 unspecified atom stereocenters. The third-order valence-electron chi connectivity index (χ3n) is 6.38. The molecule has 35 heavy (non-hydrogen) atoms. The molecule has 1 heterocycles. The summed E-state index contributed by atoms with van der Waals surface area (Å²) in [5.41, 5.74) is 2.94. The molecule has 1 fully saturated rings. The van der Waals surface area contributed by atoms with Crippen LogP contribution in [0, 0.1) is 0 Å². The summed E-state index contributed by atoms with van der Waals surface area (Å²) in [6.07, 6.45) is 0.304. The number of fused-ring (bicyclic) bond motifs is 1. The van der Waals surface area contributed by atoms with Gasteiger partial charge in [-0.1, -0.05) is 84.9 Å². The average Bonchev–Trinajstić information content (AvgIpc) is 3.14. The molecule has 1 saturated heterocycles. The molecule has 4 aromatic carbocycles. The van der Waals surface area contributed by atoms with Crippen LogP contribution >= 0.6 is 0 Å². The number of carbonyl (C=O) groups excluding carboxylic acids is 3. The summed E-state index contributed by atoms with van der Waals surface area (Å²) >= 11 is 0. The minimum absolute atomic E-state index is 0.0536. The Bertz CT molecular complexity index is 1420. The van der Waals surface area contributed by atoms with Crippen LogP contribution in [0.1, 0.15) is 27.0 Å². The van der Waals surface area contributed by atoms with E-state index >= 15 is 0 Å². The molecule has 4 aromatic rings. The van der Waals surface area contributed by atoms with Crippen LogP contribution in [0.4, 0.5) is 4.79 Å². The Kier molecular flexibility index (Phi) is 5.76. The van der Waals surface area contributed by atoms with Gasteiger partial charge in [0.2, 0.25) is 0 Å². The van der Waals surface area contributed by atoms with Gasteiger partial charge in [0, 0.05) is 12.0 Å². The first kappa shape index (κ1) is 22.3. The van der Waals surface area contributed by atoms with E-state index in [1.165, 1.54) is 17.0 Å². The van der Waals surface area contributed by atoms with Crippen molar-refractivity contribution in [1.82, 2.24) is 15.7 Å². The Labute approximate surface area is 202 Å². The fraction of sp³-hybridized carbons (Fsp3) is 0.107. The molecule has 0 bridgehead atoms. The van der Waals surface area contributed by atoms with Gasteiger partial charge in [0.25, 0.3) is 11.8 Å². The van der Waals surface area contributed by atoms with Crippen LogP contribution in [-0.2, 0) is 23.3 Å². The van der Waals surface area contributed by atoms with Crippen molar-refractivity contribution in [3.8, 4) is 0 Å². The Morgan fingerprint density at radius 2 is 1.49 bits per heavy atom. The predicted octanol–water partition coefficient (Wildman–Crippen LogP) is 4.15. The Balaban J connectivity index is 1.48. The average molecular weight is 466 g/mol. The number of carbonyl (C=O) groups is 3. The Hall–Kier alpha value is -4.49. The molecular weight excluding hydrogens is 442 g/mol. The van der Waals surface area contributed by atoms with Gasteiger partial charge >= 0.3 is 6.03 Å². The van der Waals surface area contributed by atoms with Crippen molar-refractivity contribution < 1.29 is 19.6 Å². The van der Waals surface area contributed by atoms with Crippen molar-refractivity contribution in [3.05, 3.63) is 119 Å². The van der Waals surface area contributed by atoms with E-state index in [4.69, 9.17) is 5.21 Å².